The lowest BCUT2D eigenvalue weighted by Gasteiger charge is -1.96. The Hall–Kier alpha value is -1.38. The molecule has 0 saturated carbocycles. The smallest absolute Gasteiger partial charge is 0.251 e. The van der Waals surface area contributed by atoms with Gasteiger partial charge in [-0.15, -0.1) is 0 Å². The molecule has 0 aliphatic rings. The molecule has 0 aromatic carbocycles. The van der Waals surface area contributed by atoms with Crippen molar-refractivity contribution in [2.45, 2.75) is 6.92 Å². The molecule has 1 amide bonds. The van der Waals surface area contributed by atoms with Gasteiger partial charge in [0, 0.05) is 0 Å². The van der Waals surface area contributed by atoms with Crippen molar-refractivity contribution in [1.82, 2.24) is 0 Å². The zero-order valence-corrected chi connectivity index (χ0v) is 6.30. The van der Waals surface area contributed by atoms with Gasteiger partial charge >= 0.3 is 0 Å². The average molecular weight is 155 g/mol. The van der Waals surface area contributed by atoms with Crippen molar-refractivity contribution in [3.63, 3.8) is 0 Å². The Balaban J connectivity index is 4.76. The van der Waals surface area contributed by atoms with Crippen molar-refractivity contribution < 1.29 is 9.18 Å². The molecule has 0 atom stereocenters. The van der Waals surface area contributed by atoms with Crippen LogP contribution in [0.5, 0.6) is 0 Å². The van der Waals surface area contributed by atoms with Gasteiger partial charge in [0.05, 0.1) is 5.57 Å². The number of rotatable bonds is 3. The number of hydrogen-bond donors (Lipinski definition) is 1. The minimum absolute atomic E-state index is 0.150. The van der Waals surface area contributed by atoms with Crippen LogP contribution in [0, 0.1) is 0 Å². The molecule has 0 heterocycles. The molecule has 0 aliphatic carbocycles. The standard InChI is InChI=1S/C8H10FNO/c1-3-5-6(8(10)11)7(9)4-2/h3-5H,1H2,2H3,(H2,10,11)/b6-5+,7-4+. The maximum absolute atomic E-state index is 12.7. The van der Waals surface area contributed by atoms with Crippen LogP contribution in [0.2, 0.25) is 0 Å². The molecular weight excluding hydrogens is 145 g/mol. The van der Waals surface area contributed by atoms with E-state index in [1.807, 2.05) is 0 Å². The molecule has 0 aromatic rings. The van der Waals surface area contributed by atoms with Crippen LogP contribution in [-0.2, 0) is 4.79 Å². The van der Waals surface area contributed by atoms with E-state index in [0.29, 0.717) is 0 Å². The summed E-state index contributed by atoms with van der Waals surface area (Å²) in [5.41, 5.74) is 4.71. The lowest BCUT2D eigenvalue weighted by Crippen LogP contribution is -2.14. The Bertz CT molecular complexity index is 228. The van der Waals surface area contributed by atoms with Gasteiger partial charge in [0.2, 0.25) is 0 Å². The van der Waals surface area contributed by atoms with E-state index >= 15 is 0 Å². The molecule has 2 N–H and O–H groups in total. The number of hydrogen-bond acceptors (Lipinski definition) is 1. The van der Waals surface area contributed by atoms with Gasteiger partial charge in [0.1, 0.15) is 5.83 Å². The maximum atomic E-state index is 12.7. The van der Waals surface area contributed by atoms with Crippen LogP contribution in [0.25, 0.3) is 0 Å². The molecule has 60 valence electrons. The largest absolute Gasteiger partial charge is 0.366 e. The molecule has 0 aromatic heterocycles. The van der Waals surface area contributed by atoms with Crippen molar-refractivity contribution in [1.29, 1.82) is 0 Å². The summed E-state index contributed by atoms with van der Waals surface area (Å²) in [4.78, 5) is 10.5. The molecule has 0 bridgehead atoms. The number of carbonyl (C=O) groups excluding carboxylic acids is 1. The van der Waals surface area contributed by atoms with Crippen molar-refractivity contribution >= 4 is 5.91 Å². The van der Waals surface area contributed by atoms with Crippen molar-refractivity contribution in [3.8, 4) is 0 Å². The third kappa shape index (κ3) is 2.80. The van der Waals surface area contributed by atoms with Crippen molar-refractivity contribution in [2.75, 3.05) is 0 Å². The minimum atomic E-state index is -0.791. The summed E-state index contributed by atoms with van der Waals surface area (Å²) in [6, 6.07) is 0. The van der Waals surface area contributed by atoms with E-state index in [2.05, 4.69) is 6.58 Å². The van der Waals surface area contributed by atoms with Crippen molar-refractivity contribution in [3.05, 3.63) is 36.2 Å². The molecule has 0 spiro atoms. The van der Waals surface area contributed by atoms with Crippen LogP contribution >= 0.6 is 0 Å². The number of halogens is 1. The maximum Gasteiger partial charge on any atom is 0.251 e. The van der Waals surface area contributed by atoms with E-state index in [1.165, 1.54) is 25.2 Å². The van der Waals surface area contributed by atoms with Gasteiger partial charge in [-0.2, -0.15) is 0 Å². The Kier molecular flexibility index (Phi) is 3.88. The number of carbonyl (C=O) groups is 1. The second-order valence-corrected chi connectivity index (χ2v) is 1.82. The molecule has 3 heteroatoms. The second kappa shape index (κ2) is 4.44. The Morgan fingerprint density at radius 3 is 2.45 bits per heavy atom. The monoisotopic (exact) mass is 155 g/mol. The highest BCUT2D eigenvalue weighted by Gasteiger charge is 2.07. The van der Waals surface area contributed by atoms with E-state index in [9.17, 15) is 9.18 Å². The van der Waals surface area contributed by atoms with Gasteiger partial charge in [0.15, 0.2) is 0 Å². The lowest BCUT2D eigenvalue weighted by molar-refractivity contribution is -0.114. The zero-order valence-electron chi connectivity index (χ0n) is 6.30. The first kappa shape index (κ1) is 9.62. The van der Waals surface area contributed by atoms with Crippen LogP contribution in [0.15, 0.2) is 36.2 Å². The van der Waals surface area contributed by atoms with Crippen LogP contribution in [0.4, 0.5) is 4.39 Å². The van der Waals surface area contributed by atoms with E-state index in [4.69, 9.17) is 5.73 Å². The number of allylic oxidation sites excluding steroid dienone is 3. The summed E-state index contributed by atoms with van der Waals surface area (Å²) in [6.45, 7) is 4.80. The first-order valence-electron chi connectivity index (χ1n) is 3.08. The number of primary amides is 1. The highest BCUT2D eigenvalue weighted by molar-refractivity contribution is 5.96. The zero-order chi connectivity index (χ0) is 8.85. The fourth-order valence-electron chi connectivity index (χ4n) is 0.553. The molecule has 2 nitrogen and oxygen atoms in total. The van der Waals surface area contributed by atoms with Crippen molar-refractivity contribution in [2.24, 2.45) is 5.73 Å². The van der Waals surface area contributed by atoms with E-state index < -0.39 is 11.7 Å². The summed E-state index contributed by atoms with van der Waals surface area (Å²) in [5, 5.41) is 0. The Morgan fingerprint density at radius 2 is 2.18 bits per heavy atom. The predicted octanol–water partition coefficient (Wildman–Crippen LogP) is 1.46. The van der Waals surface area contributed by atoms with E-state index in [-0.39, 0.29) is 5.57 Å². The lowest BCUT2D eigenvalue weighted by atomic mass is 10.2. The van der Waals surface area contributed by atoms with Crippen LogP contribution in [-0.4, -0.2) is 5.91 Å². The summed E-state index contributed by atoms with van der Waals surface area (Å²) in [7, 11) is 0. The molecule has 0 radical (unpaired) electrons. The minimum Gasteiger partial charge on any atom is -0.366 e. The Labute approximate surface area is 64.9 Å². The summed E-state index contributed by atoms with van der Waals surface area (Å²) in [6.07, 6.45) is 3.71. The molecule has 11 heavy (non-hydrogen) atoms. The first-order valence-corrected chi connectivity index (χ1v) is 3.08. The fourth-order valence-corrected chi connectivity index (χ4v) is 0.553. The summed E-state index contributed by atoms with van der Waals surface area (Å²) in [5.74, 6) is -1.42. The molecule has 0 saturated heterocycles. The van der Waals surface area contributed by atoms with Crippen LogP contribution < -0.4 is 5.73 Å². The topological polar surface area (TPSA) is 43.1 Å². The van der Waals surface area contributed by atoms with Gasteiger partial charge < -0.3 is 5.73 Å². The van der Waals surface area contributed by atoms with Gasteiger partial charge in [-0.3, -0.25) is 4.79 Å². The summed E-state index contributed by atoms with van der Waals surface area (Å²) >= 11 is 0. The van der Waals surface area contributed by atoms with Crippen LogP contribution in [0.1, 0.15) is 6.92 Å². The second-order valence-electron chi connectivity index (χ2n) is 1.82. The normalized spacial score (nSPS) is 12.9. The molecule has 0 rings (SSSR count). The molecule has 0 fully saturated rings. The molecule has 0 aliphatic heterocycles. The Morgan fingerprint density at radius 1 is 1.64 bits per heavy atom. The number of amides is 1. The highest BCUT2D eigenvalue weighted by Crippen LogP contribution is 2.10. The van der Waals surface area contributed by atoms with Gasteiger partial charge in [0.25, 0.3) is 5.91 Å². The first-order chi connectivity index (χ1) is 5.13. The molecule has 0 unspecified atom stereocenters. The van der Waals surface area contributed by atoms with Gasteiger partial charge in [-0.05, 0) is 13.0 Å². The van der Waals surface area contributed by atoms with Gasteiger partial charge in [-0.1, -0.05) is 18.7 Å². The van der Waals surface area contributed by atoms with E-state index in [0.717, 1.165) is 0 Å². The predicted molar refractivity (Wildman–Crippen MR) is 42.3 cm³/mol. The third-order valence-corrected chi connectivity index (χ3v) is 1.06. The molecular formula is C8H10FNO. The van der Waals surface area contributed by atoms with Crippen LogP contribution in [0.3, 0.4) is 0 Å². The average Bonchev–Trinajstić information content (AvgIpc) is 1.98. The fraction of sp³-hybridized carbons (Fsp3) is 0.125. The summed E-state index contributed by atoms with van der Waals surface area (Å²) < 4.78 is 12.7. The third-order valence-electron chi connectivity index (χ3n) is 1.06. The van der Waals surface area contributed by atoms with Gasteiger partial charge in [-0.25, -0.2) is 4.39 Å². The number of nitrogens with two attached hydrogens (primary N) is 1. The SMILES string of the molecule is C=C/C=C(C(N)=O)\C(F)=C/C. The quantitative estimate of drug-likeness (QED) is 0.486. The highest BCUT2D eigenvalue weighted by atomic mass is 19.1. The van der Waals surface area contributed by atoms with E-state index in [1.54, 1.807) is 0 Å².